The number of nitrogens with two attached hydrogens (primary N) is 1. The largest absolute Gasteiger partial charge is 0.492 e. The van der Waals surface area contributed by atoms with Crippen LogP contribution in [0.2, 0.25) is 0 Å². The fraction of sp³-hybridized carbons (Fsp3) is 0.294. The van der Waals surface area contributed by atoms with Crippen LogP contribution in [-0.4, -0.2) is 12.6 Å². The summed E-state index contributed by atoms with van der Waals surface area (Å²) in [5, 5.41) is 0. The Labute approximate surface area is 115 Å². The second-order valence-electron chi connectivity index (χ2n) is 5.11. The summed E-state index contributed by atoms with van der Waals surface area (Å²) in [6.45, 7) is 4.77. The molecule has 0 fully saturated rings. The van der Waals surface area contributed by atoms with Gasteiger partial charge in [-0.15, -0.1) is 0 Å². The third kappa shape index (κ3) is 3.83. The Kier molecular flexibility index (Phi) is 4.58. The van der Waals surface area contributed by atoms with E-state index in [9.17, 15) is 0 Å². The van der Waals surface area contributed by atoms with Gasteiger partial charge in [0.15, 0.2) is 0 Å². The van der Waals surface area contributed by atoms with Gasteiger partial charge in [0.25, 0.3) is 0 Å². The summed E-state index contributed by atoms with van der Waals surface area (Å²) < 4.78 is 5.69. The molecule has 1 unspecified atom stereocenters. The SMILES string of the molecule is CC(C)C(N)COc1ccc(-c2ccccc2)cc1. The first-order valence-electron chi connectivity index (χ1n) is 6.70. The minimum absolute atomic E-state index is 0.0776. The van der Waals surface area contributed by atoms with Crippen molar-refractivity contribution in [2.45, 2.75) is 19.9 Å². The molecular weight excluding hydrogens is 234 g/mol. The molecule has 0 radical (unpaired) electrons. The summed E-state index contributed by atoms with van der Waals surface area (Å²) in [5.41, 5.74) is 8.37. The zero-order chi connectivity index (χ0) is 13.7. The van der Waals surface area contributed by atoms with Gasteiger partial charge in [0.2, 0.25) is 0 Å². The van der Waals surface area contributed by atoms with Crippen molar-refractivity contribution < 1.29 is 4.74 Å². The Hall–Kier alpha value is -1.80. The van der Waals surface area contributed by atoms with Crippen molar-refractivity contribution >= 4 is 0 Å². The van der Waals surface area contributed by atoms with E-state index >= 15 is 0 Å². The van der Waals surface area contributed by atoms with Crippen molar-refractivity contribution in [1.29, 1.82) is 0 Å². The molecule has 0 saturated carbocycles. The zero-order valence-corrected chi connectivity index (χ0v) is 11.5. The second-order valence-corrected chi connectivity index (χ2v) is 5.11. The number of ether oxygens (including phenoxy) is 1. The van der Waals surface area contributed by atoms with Crippen LogP contribution in [0, 0.1) is 5.92 Å². The van der Waals surface area contributed by atoms with Gasteiger partial charge in [-0.2, -0.15) is 0 Å². The van der Waals surface area contributed by atoms with E-state index in [-0.39, 0.29) is 6.04 Å². The van der Waals surface area contributed by atoms with Gasteiger partial charge in [0, 0.05) is 6.04 Å². The molecule has 0 heterocycles. The highest BCUT2D eigenvalue weighted by molar-refractivity contribution is 5.63. The van der Waals surface area contributed by atoms with Gasteiger partial charge in [-0.05, 0) is 29.2 Å². The average molecular weight is 255 g/mol. The molecule has 2 rings (SSSR count). The molecule has 0 amide bonds. The van der Waals surface area contributed by atoms with Crippen LogP contribution in [0.4, 0.5) is 0 Å². The average Bonchev–Trinajstić information content (AvgIpc) is 2.46. The maximum atomic E-state index is 5.96. The first kappa shape index (κ1) is 13.6. The van der Waals surface area contributed by atoms with E-state index in [0.29, 0.717) is 12.5 Å². The lowest BCUT2D eigenvalue weighted by molar-refractivity contribution is 0.259. The van der Waals surface area contributed by atoms with Gasteiger partial charge in [0.1, 0.15) is 12.4 Å². The summed E-state index contributed by atoms with van der Waals surface area (Å²) in [4.78, 5) is 0. The molecule has 2 heteroatoms. The molecule has 19 heavy (non-hydrogen) atoms. The van der Waals surface area contributed by atoms with Gasteiger partial charge >= 0.3 is 0 Å². The van der Waals surface area contributed by atoms with E-state index in [0.717, 1.165) is 5.75 Å². The highest BCUT2D eigenvalue weighted by Crippen LogP contribution is 2.22. The van der Waals surface area contributed by atoms with Crippen LogP contribution in [0.3, 0.4) is 0 Å². The third-order valence-electron chi connectivity index (χ3n) is 3.26. The maximum absolute atomic E-state index is 5.96. The Balaban J connectivity index is 1.99. The van der Waals surface area contributed by atoms with E-state index in [1.54, 1.807) is 0 Å². The molecule has 2 aromatic carbocycles. The highest BCUT2D eigenvalue weighted by atomic mass is 16.5. The minimum Gasteiger partial charge on any atom is -0.492 e. The third-order valence-corrected chi connectivity index (χ3v) is 3.26. The van der Waals surface area contributed by atoms with Crippen molar-refractivity contribution in [3.05, 3.63) is 54.6 Å². The molecule has 2 nitrogen and oxygen atoms in total. The lowest BCUT2D eigenvalue weighted by Gasteiger charge is -2.16. The molecule has 0 aliphatic rings. The maximum Gasteiger partial charge on any atom is 0.119 e. The van der Waals surface area contributed by atoms with Gasteiger partial charge in [-0.3, -0.25) is 0 Å². The lowest BCUT2D eigenvalue weighted by Crippen LogP contribution is -2.32. The topological polar surface area (TPSA) is 35.2 Å². The van der Waals surface area contributed by atoms with Crippen molar-refractivity contribution in [1.82, 2.24) is 0 Å². The number of hydrogen-bond acceptors (Lipinski definition) is 2. The normalized spacial score (nSPS) is 12.4. The fourth-order valence-electron chi connectivity index (χ4n) is 1.76. The summed E-state index contributed by atoms with van der Waals surface area (Å²) >= 11 is 0. The van der Waals surface area contributed by atoms with Crippen LogP contribution in [0.25, 0.3) is 11.1 Å². The van der Waals surface area contributed by atoms with E-state index in [4.69, 9.17) is 10.5 Å². The van der Waals surface area contributed by atoms with Crippen LogP contribution in [0.15, 0.2) is 54.6 Å². The van der Waals surface area contributed by atoms with Gasteiger partial charge in [-0.1, -0.05) is 56.3 Å². The Morgan fingerprint density at radius 2 is 1.47 bits per heavy atom. The van der Waals surface area contributed by atoms with E-state index < -0.39 is 0 Å². The molecule has 2 aromatic rings. The van der Waals surface area contributed by atoms with Gasteiger partial charge < -0.3 is 10.5 Å². The predicted molar refractivity (Wildman–Crippen MR) is 80.2 cm³/mol. The zero-order valence-electron chi connectivity index (χ0n) is 11.5. The highest BCUT2D eigenvalue weighted by Gasteiger charge is 2.08. The van der Waals surface area contributed by atoms with E-state index in [2.05, 4.69) is 38.1 Å². The van der Waals surface area contributed by atoms with Crippen molar-refractivity contribution in [3.8, 4) is 16.9 Å². The number of rotatable bonds is 5. The van der Waals surface area contributed by atoms with E-state index in [1.165, 1.54) is 11.1 Å². The lowest BCUT2D eigenvalue weighted by atomic mass is 10.1. The first-order valence-corrected chi connectivity index (χ1v) is 6.70. The van der Waals surface area contributed by atoms with Crippen LogP contribution >= 0.6 is 0 Å². The molecule has 0 saturated heterocycles. The van der Waals surface area contributed by atoms with Crippen LogP contribution < -0.4 is 10.5 Å². The molecule has 0 aromatic heterocycles. The fourth-order valence-corrected chi connectivity index (χ4v) is 1.76. The Morgan fingerprint density at radius 3 is 2.05 bits per heavy atom. The smallest absolute Gasteiger partial charge is 0.119 e. The summed E-state index contributed by atoms with van der Waals surface area (Å²) in [6, 6.07) is 18.5. The molecule has 0 bridgehead atoms. The quantitative estimate of drug-likeness (QED) is 0.883. The van der Waals surface area contributed by atoms with Gasteiger partial charge in [0.05, 0.1) is 0 Å². The van der Waals surface area contributed by atoms with E-state index in [1.807, 2.05) is 30.3 Å². The molecule has 100 valence electrons. The standard InChI is InChI=1S/C17H21NO/c1-13(2)17(18)12-19-16-10-8-15(9-11-16)14-6-4-3-5-7-14/h3-11,13,17H,12,18H2,1-2H3. The molecule has 0 aliphatic carbocycles. The van der Waals surface area contributed by atoms with Crippen molar-refractivity contribution in [2.24, 2.45) is 11.7 Å². The first-order chi connectivity index (χ1) is 9.16. The van der Waals surface area contributed by atoms with Crippen LogP contribution in [-0.2, 0) is 0 Å². The Morgan fingerprint density at radius 1 is 0.895 bits per heavy atom. The molecule has 0 spiro atoms. The number of hydrogen-bond donors (Lipinski definition) is 1. The minimum atomic E-state index is 0.0776. The summed E-state index contributed by atoms with van der Waals surface area (Å²) in [7, 11) is 0. The molecular formula is C17H21NO. The predicted octanol–water partition coefficient (Wildman–Crippen LogP) is 3.72. The molecule has 2 N–H and O–H groups in total. The van der Waals surface area contributed by atoms with Crippen LogP contribution in [0.1, 0.15) is 13.8 Å². The molecule has 1 atom stereocenters. The summed E-state index contributed by atoms with van der Waals surface area (Å²) in [5.74, 6) is 1.30. The Bertz CT molecular complexity index is 490. The van der Waals surface area contributed by atoms with Crippen molar-refractivity contribution in [3.63, 3.8) is 0 Å². The monoisotopic (exact) mass is 255 g/mol. The van der Waals surface area contributed by atoms with Crippen LogP contribution in [0.5, 0.6) is 5.75 Å². The second kappa shape index (κ2) is 6.39. The van der Waals surface area contributed by atoms with Gasteiger partial charge in [-0.25, -0.2) is 0 Å². The summed E-state index contributed by atoms with van der Waals surface area (Å²) in [6.07, 6.45) is 0. The van der Waals surface area contributed by atoms with Crippen molar-refractivity contribution in [2.75, 3.05) is 6.61 Å². The molecule has 0 aliphatic heterocycles. The number of benzene rings is 2.